The Bertz CT molecular complexity index is 949. The number of nitrogens with zero attached hydrogens (tertiary/aromatic N) is 2. The van der Waals surface area contributed by atoms with Crippen LogP contribution in [-0.4, -0.2) is 21.7 Å². The second-order valence-electron chi connectivity index (χ2n) is 5.33. The molecule has 2 aromatic carbocycles. The summed E-state index contributed by atoms with van der Waals surface area (Å²) in [5.41, 5.74) is 19.4. The summed E-state index contributed by atoms with van der Waals surface area (Å²) in [7, 11) is 0. The van der Waals surface area contributed by atoms with Gasteiger partial charge in [-0.25, -0.2) is 9.48 Å². The van der Waals surface area contributed by atoms with E-state index in [9.17, 15) is 9.59 Å². The molecule has 0 radical (unpaired) electrons. The highest BCUT2D eigenvalue weighted by Crippen LogP contribution is 2.27. The van der Waals surface area contributed by atoms with Gasteiger partial charge in [0.15, 0.2) is 5.69 Å². The zero-order chi connectivity index (χ0) is 18.0. The van der Waals surface area contributed by atoms with Gasteiger partial charge in [-0.2, -0.15) is 5.10 Å². The summed E-state index contributed by atoms with van der Waals surface area (Å²) in [4.78, 5) is 22.6. The van der Waals surface area contributed by atoms with Crippen molar-refractivity contribution in [3.8, 4) is 16.8 Å². The number of aromatic nitrogens is 2. The number of hydrogen-bond donors (Lipinski definition) is 4. The van der Waals surface area contributed by atoms with E-state index in [4.69, 9.17) is 17.2 Å². The van der Waals surface area contributed by atoms with Crippen LogP contribution < -0.4 is 22.5 Å². The summed E-state index contributed by atoms with van der Waals surface area (Å²) in [6, 6.07) is 14.3. The Labute approximate surface area is 143 Å². The van der Waals surface area contributed by atoms with Crippen LogP contribution in [0, 0.1) is 0 Å². The Kier molecular flexibility index (Phi) is 4.09. The van der Waals surface area contributed by atoms with E-state index in [0.29, 0.717) is 11.4 Å². The second-order valence-corrected chi connectivity index (χ2v) is 5.33. The molecule has 8 heteroatoms. The van der Waals surface area contributed by atoms with E-state index in [2.05, 4.69) is 10.4 Å². The van der Waals surface area contributed by atoms with Crippen molar-refractivity contribution in [2.24, 2.45) is 11.5 Å². The van der Waals surface area contributed by atoms with E-state index >= 15 is 0 Å². The molecule has 0 bridgehead atoms. The smallest absolute Gasteiger partial charge is 0.316 e. The van der Waals surface area contributed by atoms with E-state index in [1.807, 2.05) is 42.5 Å². The molecule has 1 aromatic heterocycles. The SMILES string of the molecule is NC(=O)Nc1cn(-c2cc(-c3ccccc3)ccc2N)nc1C(N)=O. The summed E-state index contributed by atoms with van der Waals surface area (Å²) >= 11 is 0. The van der Waals surface area contributed by atoms with E-state index in [1.54, 1.807) is 6.07 Å². The van der Waals surface area contributed by atoms with Gasteiger partial charge in [0.05, 0.1) is 23.3 Å². The van der Waals surface area contributed by atoms with Crippen LogP contribution >= 0.6 is 0 Å². The van der Waals surface area contributed by atoms with Gasteiger partial charge in [0.1, 0.15) is 0 Å². The molecular formula is C17H16N6O2. The van der Waals surface area contributed by atoms with Gasteiger partial charge >= 0.3 is 6.03 Å². The first-order valence-electron chi connectivity index (χ1n) is 7.37. The van der Waals surface area contributed by atoms with Crippen LogP contribution in [0.2, 0.25) is 0 Å². The van der Waals surface area contributed by atoms with Crippen molar-refractivity contribution in [1.82, 2.24) is 9.78 Å². The molecule has 0 aliphatic carbocycles. The summed E-state index contributed by atoms with van der Waals surface area (Å²) in [5, 5.41) is 6.44. The fraction of sp³-hybridized carbons (Fsp3) is 0. The molecule has 25 heavy (non-hydrogen) atoms. The predicted molar refractivity (Wildman–Crippen MR) is 95.1 cm³/mol. The molecule has 0 spiro atoms. The van der Waals surface area contributed by atoms with Crippen LogP contribution in [0.4, 0.5) is 16.2 Å². The highest BCUT2D eigenvalue weighted by molar-refractivity contribution is 6.00. The van der Waals surface area contributed by atoms with Gasteiger partial charge in [-0.3, -0.25) is 4.79 Å². The number of nitrogens with one attached hydrogen (secondary N) is 1. The number of hydrogen-bond acceptors (Lipinski definition) is 4. The minimum atomic E-state index is -0.826. The van der Waals surface area contributed by atoms with Crippen molar-refractivity contribution in [2.75, 3.05) is 11.1 Å². The van der Waals surface area contributed by atoms with Gasteiger partial charge in [-0.15, -0.1) is 0 Å². The summed E-state index contributed by atoms with van der Waals surface area (Å²) in [5.74, 6) is -0.791. The maximum Gasteiger partial charge on any atom is 0.316 e. The van der Waals surface area contributed by atoms with Gasteiger partial charge in [-0.05, 0) is 23.3 Å². The number of urea groups is 1. The number of benzene rings is 2. The quantitative estimate of drug-likeness (QED) is 0.538. The number of carbonyl (C=O) groups is 2. The van der Waals surface area contributed by atoms with Crippen LogP contribution in [0.15, 0.2) is 54.7 Å². The van der Waals surface area contributed by atoms with Gasteiger partial charge in [-0.1, -0.05) is 36.4 Å². The minimum Gasteiger partial charge on any atom is -0.397 e. The monoisotopic (exact) mass is 336 g/mol. The number of rotatable bonds is 4. The largest absolute Gasteiger partial charge is 0.397 e. The average molecular weight is 336 g/mol. The van der Waals surface area contributed by atoms with Crippen molar-refractivity contribution in [1.29, 1.82) is 0 Å². The second kappa shape index (κ2) is 6.36. The molecule has 8 nitrogen and oxygen atoms in total. The third-order valence-corrected chi connectivity index (χ3v) is 3.59. The Hall–Kier alpha value is -3.81. The molecule has 126 valence electrons. The molecule has 0 fully saturated rings. The lowest BCUT2D eigenvalue weighted by atomic mass is 10.0. The lowest BCUT2D eigenvalue weighted by Gasteiger charge is -2.09. The maximum atomic E-state index is 11.5. The predicted octanol–water partition coefficient (Wildman–Crippen LogP) is 1.71. The maximum absolute atomic E-state index is 11.5. The van der Waals surface area contributed by atoms with Crippen LogP contribution in [0.5, 0.6) is 0 Å². The summed E-state index contributed by atoms with van der Waals surface area (Å²) < 4.78 is 1.38. The van der Waals surface area contributed by atoms with Crippen molar-refractivity contribution < 1.29 is 9.59 Å². The Morgan fingerprint density at radius 2 is 1.72 bits per heavy atom. The number of nitrogens with two attached hydrogens (primary N) is 3. The molecule has 0 aliphatic heterocycles. The van der Waals surface area contributed by atoms with Crippen molar-refractivity contribution in [2.45, 2.75) is 0 Å². The van der Waals surface area contributed by atoms with E-state index < -0.39 is 11.9 Å². The molecule has 1 heterocycles. The van der Waals surface area contributed by atoms with Crippen molar-refractivity contribution in [3.63, 3.8) is 0 Å². The summed E-state index contributed by atoms with van der Waals surface area (Å²) in [6.45, 7) is 0. The third-order valence-electron chi connectivity index (χ3n) is 3.59. The van der Waals surface area contributed by atoms with Gasteiger partial charge in [0.2, 0.25) is 0 Å². The zero-order valence-electron chi connectivity index (χ0n) is 13.1. The molecule has 0 aliphatic rings. The lowest BCUT2D eigenvalue weighted by Crippen LogP contribution is -2.22. The number of anilines is 2. The minimum absolute atomic E-state index is 0.108. The molecular weight excluding hydrogens is 320 g/mol. The highest BCUT2D eigenvalue weighted by Gasteiger charge is 2.17. The van der Waals surface area contributed by atoms with Gasteiger partial charge in [0, 0.05) is 0 Å². The number of carbonyl (C=O) groups excluding carboxylic acids is 2. The third kappa shape index (κ3) is 3.27. The average Bonchev–Trinajstić information content (AvgIpc) is 2.99. The van der Waals surface area contributed by atoms with Crippen LogP contribution in [0.1, 0.15) is 10.5 Å². The first-order valence-corrected chi connectivity index (χ1v) is 7.37. The van der Waals surface area contributed by atoms with E-state index in [-0.39, 0.29) is 11.4 Å². The molecule has 0 saturated heterocycles. The molecule has 0 atom stereocenters. The highest BCUT2D eigenvalue weighted by atomic mass is 16.2. The van der Waals surface area contributed by atoms with Crippen LogP contribution in [0.25, 0.3) is 16.8 Å². The number of amides is 3. The molecule has 3 aromatic rings. The number of primary amides is 2. The molecule has 3 rings (SSSR count). The Morgan fingerprint density at radius 1 is 1.00 bits per heavy atom. The van der Waals surface area contributed by atoms with E-state index in [1.165, 1.54) is 10.9 Å². The lowest BCUT2D eigenvalue weighted by molar-refractivity contribution is 0.0996. The molecule has 7 N–H and O–H groups in total. The van der Waals surface area contributed by atoms with Crippen molar-refractivity contribution >= 4 is 23.3 Å². The Balaban J connectivity index is 2.10. The molecule has 0 saturated carbocycles. The van der Waals surface area contributed by atoms with Gasteiger partial charge < -0.3 is 22.5 Å². The number of nitrogen functional groups attached to an aromatic ring is 1. The Morgan fingerprint density at radius 3 is 2.36 bits per heavy atom. The summed E-state index contributed by atoms with van der Waals surface area (Å²) in [6.07, 6.45) is 1.44. The van der Waals surface area contributed by atoms with Crippen LogP contribution in [0.3, 0.4) is 0 Å². The zero-order valence-corrected chi connectivity index (χ0v) is 13.1. The first-order chi connectivity index (χ1) is 12.0. The standard InChI is InChI=1S/C17H16N6O2/c18-12-7-6-11(10-4-2-1-3-5-10)8-14(12)23-9-13(21-17(20)25)15(22-23)16(19)24/h1-9H,18H2,(H2,19,24)(H3,20,21,25). The first kappa shape index (κ1) is 16.1. The molecule has 0 unspecified atom stereocenters. The van der Waals surface area contributed by atoms with Crippen molar-refractivity contribution in [3.05, 3.63) is 60.4 Å². The fourth-order valence-electron chi connectivity index (χ4n) is 2.46. The van der Waals surface area contributed by atoms with Crippen LogP contribution in [-0.2, 0) is 0 Å². The topological polar surface area (TPSA) is 142 Å². The van der Waals surface area contributed by atoms with E-state index in [0.717, 1.165) is 11.1 Å². The fourth-order valence-corrected chi connectivity index (χ4v) is 2.46. The normalized spacial score (nSPS) is 10.4. The van der Waals surface area contributed by atoms with Gasteiger partial charge in [0.25, 0.3) is 5.91 Å². The molecule has 3 amide bonds.